The zero-order valence-electron chi connectivity index (χ0n) is 12.1. The molecule has 6 nitrogen and oxygen atoms in total. The van der Waals surface area contributed by atoms with E-state index in [0.29, 0.717) is 25.9 Å². The third-order valence-electron chi connectivity index (χ3n) is 3.33. The molecule has 1 heterocycles. The number of hydrogen-bond donors (Lipinski definition) is 2. The number of nitrogens with one attached hydrogen (secondary N) is 1. The Hall–Kier alpha value is -1.43. The highest BCUT2D eigenvalue weighted by molar-refractivity contribution is 5.75. The van der Waals surface area contributed by atoms with Crippen LogP contribution in [-0.2, 0) is 18.3 Å². The molecular weight excluding hydrogens is 242 g/mol. The number of aryl methyl sites for hydroxylation is 1. The third kappa shape index (κ3) is 5.83. The maximum Gasteiger partial charge on any atom is 0.220 e. The maximum absolute atomic E-state index is 11.7. The summed E-state index contributed by atoms with van der Waals surface area (Å²) >= 11 is 0. The molecule has 0 aliphatic heterocycles. The molecule has 3 N–H and O–H groups in total. The van der Waals surface area contributed by atoms with Crippen molar-refractivity contribution in [1.82, 2.24) is 20.1 Å². The summed E-state index contributed by atoms with van der Waals surface area (Å²) in [4.78, 5) is 11.7. The zero-order chi connectivity index (χ0) is 14.3. The third-order valence-corrected chi connectivity index (χ3v) is 3.33. The van der Waals surface area contributed by atoms with Gasteiger partial charge in [0.2, 0.25) is 5.91 Å². The fraction of sp³-hybridized carbons (Fsp3) is 0.769. The Bertz CT molecular complexity index is 399. The van der Waals surface area contributed by atoms with E-state index in [-0.39, 0.29) is 11.3 Å². The van der Waals surface area contributed by atoms with Gasteiger partial charge < -0.3 is 15.6 Å². The quantitative estimate of drug-likeness (QED) is 0.723. The van der Waals surface area contributed by atoms with Gasteiger partial charge in [-0.25, -0.2) is 0 Å². The predicted molar refractivity (Wildman–Crippen MR) is 74.4 cm³/mol. The van der Waals surface area contributed by atoms with Gasteiger partial charge in [0.1, 0.15) is 12.2 Å². The average Bonchev–Trinajstić information content (AvgIpc) is 2.73. The first kappa shape index (κ1) is 15.6. The molecule has 1 rings (SSSR count). The van der Waals surface area contributed by atoms with Crippen LogP contribution in [0.15, 0.2) is 6.33 Å². The Balaban J connectivity index is 2.20. The van der Waals surface area contributed by atoms with E-state index in [0.717, 1.165) is 18.7 Å². The molecule has 19 heavy (non-hydrogen) atoms. The van der Waals surface area contributed by atoms with E-state index in [1.165, 1.54) is 0 Å². The molecule has 1 aromatic rings. The number of carbonyl (C=O) groups is 1. The monoisotopic (exact) mass is 267 g/mol. The second-order valence-corrected chi connectivity index (χ2v) is 5.66. The van der Waals surface area contributed by atoms with Gasteiger partial charge in [-0.15, -0.1) is 10.2 Å². The Morgan fingerprint density at radius 2 is 2.21 bits per heavy atom. The molecule has 108 valence electrons. The largest absolute Gasteiger partial charge is 0.356 e. The predicted octanol–water partition coefficient (Wildman–Crippen LogP) is 0.629. The van der Waals surface area contributed by atoms with Gasteiger partial charge in [0.15, 0.2) is 0 Å². The lowest BCUT2D eigenvalue weighted by molar-refractivity contribution is -0.121. The maximum atomic E-state index is 11.7. The molecule has 0 unspecified atom stereocenters. The summed E-state index contributed by atoms with van der Waals surface area (Å²) in [7, 11) is 1.90. The van der Waals surface area contributed by atoms with Crippen LogP contribution in [0.25, 0.3) is 0 Å². The Morgan fingerprint density at radius 1 is 1.47 bits per heavy atom. The van der Waals surface area contributed by atoms with E-state index in [1.807, 2.05) is 11.6 Å². The molecule has 1 aromatic heterocycles. The first-order valence-electron chi connectivity index (χ1n) is 6.74. The summed E-state index contributed by atoms with van der Waals surface area (Å²) in [5, 5.41) is 10.7. The normalized spacial score (nSPS) is 11.6. The SMILES string of the molecule is Cn1cnnc1CCNC(=O)CCC(C)(C)CCN. The van der Waals surface area contributed by atoms with Crippen LogP contribution in [0.4, 0.5) is 0 Å². The highest BCUT2D eigenvalue weighted by atomic mass is 16.1. The number of carbonyl (C=O) groups excluding carboxylic acids is 1. The lowest BCUT2D eigenvalue weighted by Crippen LogP contribution is -2.28. The van der Waals surface area contributed by atoms with Gasteiger partial charge in [-0.05, 0) is 24.8 Å². The fourth-order valence-electron chi connectivity index (χ4n) is 1.90. The Labute approximate surface area is 114 Å². The molecule has 0 radical (unpaired) electrons. The zero-order valence-corrected chi connectivity index (χ0v) is 12.1. The molecule has 0 aliphatic carbocycles. The molecule has 0 saturated heterocycles. The van der Waals surface area contributed by atoms with E-state index < -0.39 is 0 Å². The molecule has 0 atom stereocenters. The summed E-state index contributed by atoms with van der Waals surface area (Å²) in [5.41, 5.74) is 5.69. The second kappa shape index (κ2) is 7.23. The number of hydrogen-bond acceptors (Lipinski definition) is 4. The van der Waals surface area contributed by atoms with E-state index in [9.17, 15) is 4.79 Å². The van der Waals surface area contributed by atoms with Crippen LogP contribution in [0.1, 0.15) is 38.9 Å². The summed E-state index contributed by atoms with van der Waals surface area (Å²) in [6.45, 7) is 5.56. The number of nitrogens with two attached hydrogens (primary N) is 1. The highest BCUT2D eigenvalue weighted by Gasteiger charge is 2.18. The minimum absolute atomic E-state index is 0.0901. The van der Waals surface area contributed by atoms with Gasteiger partial charge in [-0.1, -0.05) is 13.8 Å². The summed E-state index contributed by atoms with van der Waals surface area (Å²) in [6, 6.07) is 0. The number of rotatable bonds is 8. The number of nitrogens with zero attached hydrogens (tertiary/aromatic N) is 3. The van der Waals surface area contributed by atoms with Crippen molar-refractivity contribution < 1.29 is 4.79 Å². The lowest BCUT2D eigenvalue weighted by Gasteiger charge is -2.23. The smallest absolute Gasteiger partial charge is 0.220 e. The van der Waals surface area contributed by atoms with Gasteiger partial charge >= 0.3 is 0 Å². The molecule has 0 fully saturated rings. The minimum Gasteiger partial charge on any atom is -0.356 e. The molecule has 1 amide bonds. The van der Waals surface area contributed by atoms with Gasteiger partial charge in [0, 0.05) is 26.4 Å². The fourth-order valence-corrected chi connectivity index (χ4v) is 1.90. The van der Waals surface area contributed by atoms with Crippen molar-refractivity contribution in [2.75, 3.05) is 13.1 Å². The van der Waals surface area contributed by atoms with Crippen LogP contribution < -0.4 is 11.1 Å². The van der Waals surface area contributed by atoms with E-state index in [4.69, 9.17) is 5.73 Å². The molecule has 0 aromatic carbocycles. The van der Waals surface area contributed by atoms with E-state index in [1.54, 1.807) is 6.33 Å². The van der Waals surface area contributed by atoms with Crippen molar-refractivity contribution in [3.05, 3.63) is 12.2 Å². The Morgan fingerprint density at radius 3 is 2.79 bits per heavy atom. The minimum atomic E-state index is 0.0901. The van der Waals surface area contributed by atoms with E-state index >= 15 is 0 Å². The van der Waals surface area contributed by atoms with Crippen molar-refractivity contribution in [3.8, 4) is 0 Å². The molecule has 0 spiro atoms. The van der Waals surface area contributed by atoms with Crippen molar-refractivity contribution in [3.63, 3.8) is 0 Å². The molecule has 0 saturated carbocycles. The molecule has 0 bridgehead atoms. The van der Waals surface area contributed by atoms with Crippen LogP contribution in [0, 0.1) is 5.41 Å². The van der Waals surface area contributed by atoms with Crippen molar-refractivity contribution in [2.45, 2.75) is 39.5 Å². The molecule has 0 aliphatic rings. The van der Waals surface area contributed by atoms with Crippen LogP contribution in [0.5, 0.6) is 0 Å². The van der Waals surface area contributed by atoms with Crippen molar-refractivity contribution in [1.29, 1.82) is 0 Å². The van der Waals surface area contributed by atoms with Crippen LogP contribution in [-0.4, -0.2) is 33.8 Å². The van der Waals surface area contributed by atoms with Gasteiger partial charge in [-0.3, -0.25) is 4.79 Å². The first-order valence-corrected chi connectivity index (χ1v) is 6.74. The number of amides is 1. The summed E-state index contributed by atoms with van der Waals surface area (Å²) < 4.78 is 1.86. The topological polar surface area (TPSA) is 85.8 Å². The standard InChI is InChI=1S/C13H25N5O/c1-13(2,7-8-14)6-4-12(19)15-9-5-11-17-16-10-18(11)3/h10H,4-9,14H2,1-3H3,(H,15,19). The van der Waals surface area contributed by atoms with Crippen molar-refractivity contribution in [2.24, 2.45) is 18.2 Å². The van der Waals surface area contributed by atoms with Crippen LogP contribution >= 0.6 is 0 Å². The van der Waals surface area contributed by atoms with Gasteiger partial charge in [0.25, 0.3) is 0 Å². The van der Waals surface area contributed by atoms with Crippen LogP contribution in [0.3, 0.4) is 0 Å². The summed E-state index contributed by atoms with van der Waals surface area (Å²) in [5.74, 6) is 0.969. The van der Waals surface area contributed by atoms with Gasteiger partial charge in [0.05, 0.1) is 0 Å². The van der Waals surface area contributed by atoms with Crippen molar-refractivity contribution >= 4 is 5.91 Å². The van der Waals surface area contributed by atoms with Crippen LogP contribution in [0.2, 0.25) is 0 Å². The lowest BCUT2D eigenvalue weighted by atomic mass is 9.84. The average molecular weight is 267 g/mol. The summed E-state index contributed by atoms with van der Waals surface area (Å²) in [6.07, 6.45) is 4.71. The van der Waals surface area contributed by atoms with Gasteiger partial charge in [-0.2, -0.15) is 0 Å². The molecule has 6 heteroatoms. The molecular formula is C13H25N5O. The Kier molecular flexibility index (Phi) is 5.95. The number of aromatic nitrogens is 3. The van der Waals surface area contributed by atoms with E-state index in [2.05, 4.69) is 29.4 Å². The second-order valence-electron chi connectivity index (χ2n) is 5.66. The first-order chi connectivity index (χ1) is 8.94. The highest BCUT2D eigenvalue weighted by Crippen LogP contribution is 2.25.